The van der Waals surface area contributed by atoms with Crippen molar-refractivity contribution in [1.29, 1.82) is 0 Å². The minimum atomic E-state index is -0.863. The van der Waals surface area contributed by atoms with Gasteiger partial charge in [-0.05, 0) is 18.8 Å². The molecule has 0 spiro atoms. The summed E-state index contributed by atoms with van der Waals surface area (Å²) >= 11 is 0. The zero-order valence-corrected chi connectivity index (χ0v) is 12.1. The highest BCUT2D eigenvalue weighted by molar-refractivity contribution is 5.81. The highest BCUT2D eigenvalue weighted by atomic mass is 19.1. The van der Waals surface area contributed by atoms with Crippen LogP contribution >= 0.6 is 0 Å². The Hall–Kier alpha value is -2.02. The van der Waals surface area contributed by atoms with Crippen molar-refractivity contribution in [3.8, 4) is 0 Å². The van der Waals surface area contributed by atoms with Gasteiger partial charge in [0.15, 0.2) is 17.0 Å². The zero-order chi connectivity index (χ0) is 15.2. The highest BCUT2D eigenvalue weighted by Crippen LogP contribution is 2.44. The van der Waals surface area contributed by atoms with E-state index in [4.69, 9.17) is 10.5 Å². The van der Waals surface area contributed by atoms with E-state index in [9.17, 15) is 4.39 Å². The van der Waals surface area contributed by atoms with Crippen LogP contribution in [0.15, 0.2) is 19.0 Å². The maximum absolute atomic E-state index is 13.4. The van der Waals surface area contributed by atoms with Gasteiger partial charge in [-0.2, -0.15) is 14.4 Å². The average Bonchev–Trinajstić information content (AvgIpc) is 3.00. The molecule has 3 atom stereocenters. The van der Waals surface area contributed by atoms with Gasteiger partial charge >= 0.3 is 6.08 Å². The van der Waals surface area contributed by atoms with Crippen molar-refractivity contribution in [2.24, 2.45) is 5.92 Å². The van der Waals surface area contributed by atoms with Crippen LogP contribution in [-0.4, -0.2) is 25.1 Å². The third kappa shape index (κ3) is 1.99. The first-order chi connectivity index (χ1) is 10.0. The summed E-state index contributed by atoms with van der Waals surface area (Å²) in [7, 11) is 0. The number of imidazole rings is 1. The second-order valence-corrected chi connectivity index (χ2v) is 5.42. The van der Waals surface area contributed by atoms with Crippen LogP contribution in [0.5, 0.6) is 0 Å². The molecule has 0 bridgehead atoms. The van der Waals surface area contributed by atoms with Crippen LogP contribution in [0.1, 0.15) is 32.9 Å². The lowest BCUT2D eigenvalue weighted by molar-refractivity contribution is -0.0526. The fourth-order valence-electron chi connectivity index (χ4n) is 3.04. The van der Waals surface area contributed by atoms with E-state index < -0.39 is 6.08 Å². The van der Waals surface area contributed by atoms with Gasteiger partial charge in [0.1, 0.15) is 6.23 Å². The number of halogens is 1. The summed E-state index contributed by atoms with van der Waals surface area (Å²) in [5.74, 6) is 0.333. The molecule has 1 saturated heterocycles. The van der Waals surface area contributed by atoms with Crippen molar-refractivity contribution in [3.05, 3.63) is 25.1 Å². The molecule has 7 heteroatoms. The molecule has 0 aliphatic carbocycles. The number of fused-ring (bicyclic) bond motifs is 1. The molecule has 1 fully saturated rings. The molecule has 3 heterocycles. The van der Waals surface area contributed by atoms with Gasteiger partial charge in [0.2, 0.25) is 0 Å². The largest absolute Gasteiger partial charge is 0.382 e. The predicted octanol–water partition coefficient (Wildman–Crippen LogP) is 2.44. The van der Waals surface area contributed by atoms with E-state index in [-0.39, 0.29) is 17.6 Å². The Morgan fingerprint density at radius 2 is 2.38 bits per heavy atom. The molecule has 2 N–H and O–H groups in total. The third-order valence-corrected chi connectivity index (χ3v) is 4.37. The molecule has 6 nitrogen and oxygen atoms in total. The van der Waals surface area contributed by atoms with E-state index >= 15 is 0 Å². The van der Waals surface area contributed by atoms with Crippen LogP contribution in [0.4, 0.5) is 10.2 Å². The standard InChI is InChI=1S/C14H18FN5O/c1-4-14(5-2)8(3)6-9(21-14)20-7-17-10-11(16)18-13(15)19-12(10)20/h4,7-9H,1,5-6H2,2-3H3,(H2,16,18,19)/t8-,9+,14+/m0/s1. The van der Waals surface area contributed by atoms with Crippen molar-refractivity contribution in [2.75, 3.05) is 5.73 Å². The molecule has 2 aromatic rings. The molecule has 1 aliphatic rings. The molecule has 0 aromatic carbocycles. The molecule has 0 saturated carbocycles. The van der Waals surface area contributed by atoms with Gasteiger partial charge in [-0.1, -0.05) is 19.9 Å². The third-order valence-electron chi connectivity index (χ3n) is 4.37. The van der Waals surface area contributed by atoms with E-state index in [1.807, 2.05) is 6.08 Å². The van der Waals surface area contributed by atoms with Crippen LogP contribution in [0.25, 0.3) is 11.2 Å². The van der Waals surface area contributed by atoms with Gasteiger partial charge in [0, 0.05) is 0 Å². The number of rotatable bonds is 3. The van der Waals surface area contributed by atoms with E-state index in [0.717, 1.165) is 12.8 Å². The number of nitrogen functional groups attached to an aromatic ring is 1. The zero-order valence-electron chi connectivity index (χ0n) is 12.1. The van der Waals surface area contributed by atoms with E-state index in [2.05, 4.69) is 35.4 Å². The number of anilines is 1. The minimum absolute atomic E-state index is 0.0350. The van der Waals surface area contributed by atoms with Gasteiger partial charge in [-0.25, -0.2) is 4.98 Å². The highest BCUT2D eigenvalue weighted by Gasteiger charge is 2.43. The Morgan fingerprint density at radius 1 is 1.62 bits per heavy atom. The maximum atomic E-state index is 13.4. The van der Waals surface area contributed by atoms with Crippen LogP contribution in [-0.2, 0) is 4.74 Å². The number of ether oxygens (including phenoxy) is 1. The van der Waals surface area contributed by atoms with E-state index in [1.165, 1.54) is 0 Å². The van der Waals surface area contributed by atoms with Crippen molar-refractivity contribution in [3.63, 3.8) is 0 Å². The summed E-state index contributed by atoms with van der Waals surface area (Å²) < 4.78 is 21.3. The molecule has 2 aromatic heterocycles. The molecule has 3 rings (SSSR count). The molecular weight excluding hydrogens is 273 g/mol. The molecule has 112 valence electrons. The summed E-state index contributed by atoms with van der Waals surface area (Å²) in [6, 6.07) is 0. The first kappa shape index (κ1) is 13.9. The topological polar surface area (TPSA) is 78.9 Å². The Morgan fingerprint density at radius 3 is 3.00 bits per heavy atom. The van der Waals surface area contributed by atoms with Gasteiger partial charge in [-0.15, -0.1) is 6.58 Å². The lowest BCUT2D eigenvalue weighted by Gasteiger charge is -2.28. The Bertz CT molecular complexity index is 700. The van der Waals surface area contributed by atoms with E-state index in [0.29, 0.717) is 17.1 Å². The number of aromatic nitrogens is 4. The van der Waals surface area contributed by atoms with Crippen molar-refractivity contribution < 1.29 is 9.13 Å². The number of nitrogens with two attached hydrogens (primary N) is 1. The fraction of sp³-hybridized carbons (Fsp3) is 0.500. The van der Waals surface area contributed by atoms with Crippen molar-refractivity contribution >= 4 is 17.0 Å². The minimum Gasteiger partial charge on any atom is -0.382 e. The smallest absolute Gasteiger partial charge is 0.312 e. The van der Waals surface area contributed by atoms with Gasteiger partial charge in [0.25, 0.3) is 0 Å². The SMILES string of the molecule is C=C[C@]1(CC)O[C@@H](n2cnc3c(N)nc(F)nc32)C[C@@H]1C. The monoisotopic (exact) mass is 291 g/mol. The molecule has 21 heavy (non-hydrogen) atoms. The summed E-state index contributed by atoms with van der Waals surface area (Å²) in [4.78, 5) is 11.5. The molecule has 0 radical (unpaired) electrons. The summed E-state index contributed by atoms with van der Waals surface area (Å²) in [6.07, 6.45) is 3.89. The maximum Gasteiger partial charge on any atom is 0.312 e. The van der Waals surface area contributed by atoms with Crippen molar-refractivity contribution in [1.82, 2.24) is 19.5 Å². The van der Waals surface area contributed by atoms with Gasteiger partial charge in [0.05, 0.1) is 11.9 Å². The lowest BCUT2D eigenvalue weighted by Crippen LogP contribution is -2.30. The van der Waals surface area contributed by atoms with Crippen LogP contribution in [0.3, 0.4) is 0 Å². The first-order valence-corrected chi connectivity index (χ1v) is 6.97. The second kappa shape index (κ2) is 4.77. The van der Waals surface area contributed by atoms with Crippen molar-refractivity contribution in [2.45, 2.75) is 38.5 Å². The van der Waals surface area contributed by atoms with Crippen LogP contribution in [0.2, 0.25) is 0 Å². The molecule has 0 amide bonds. The quantitative estimate of drug-likeness (QED) is 0.694. The lowest BCUT2D eigenvalue weighted by atomic mass is 9.86. The predicted molar refractivity (Wildman–Crippen MR) is 76.8 cm³/mol. The molecular formula is C14H18FN5O. The summed E-state index contributed by atoms with van der Waals surface area (Å²) in [5.41, 5.74) is 6.05. The van der Waals surface area contributed by atoms with Gasteiger partial charge in [-0.3, -0.25) is 4.57 Å². The van der Waals surface area contributed by atoms with Crippen LogP contribution in [0, 0.1) is 12.0 Å². The normalized spacial score (nSPS) is 29.1. The summed E-state index contributed by atoms with van der Waals surface area (Å²) in [6.45, 7) is 8.07. The summed E-state index contributed by atoms with van der Waals surface area (Å²) in [5, 5.41) is 0. The fourth-order valence-corrected chi connectivity index (χ4v) is 3.04. The molecule has 1 aliphatic heterocycles. The number of hydrogen-bond donors (Lipinski definition) is 1. The molecule has 0 unspecified atom stereocenters. The second-order valence-electron chi connectivity index (χ2n) is 5.42. The Kier molecular flexibility index (Phi) is 3.16. The first-order valence-electron chi connectivity index (χ1n) is 6.97. The Labute approximate surface area is 121 Å². The number of hydrogen-bond acceptors (Lipinski definition) is 5. The Balaban J connectivity index is 2.05. The average molecular weight is 291 g/mol. The van der Waals surface area contributed by atoms with E-state index in [1.54, 1.807) is 10.9 Å². The number of nitrogens with zero attached hydrogens (tertiary/aromatic N) is 4. The van der Waals surface area contributed by atoms with Gasteiger partial charge < -0.3 is 10.5 Å². The van der Waals surface area contributed by atoms with Crippen LogP contribution < -0.4 is 5.73 Å².